The zero-order valence-corrected chi connectivity index (χ0v) is 11.8. The summed E-state index contributed by atoms with van der Waals surface area (Å²) in [6.45, 7) is 1.14. The van der Waals surface area contributed by atoms with E-state index >= 15 is 0 Å². The standard InChI is InChI=1S/C13H17ClN2O4/c1-13(20,11(17)18)8-16-12(19)15-7-6-9-2-4-10(14)5-3-9/h2-5,20H,6-8H2,1H3,(H,17,18)(H2,15,16,19). The van der Waals surface area contributed by atoms with Gasteiger partial charge in [0.1, 0.15) is 0 Å². The molecule has 6 nitrogen and oxygen atoms in total. The Bertz CT molecular complexity index is 474. The van der Waals surface area contributed by atoms with Crippen molar-refractivity contribution >= 4 is 23.6 Å². The maximum Gasteiger partial charge on any atom is 0.337 e. The molecule has 1 aromatic rings. The number of urea groups is 1. The van der Waals surface area contributed by atoms with Crippen LogP contribution >= 0.6 is 11.6 Å². The lowest BCUT2D eigenvalue weighted by Crippen LogP contribution is -2.49. The number of halogens is 1. The molecular formula is C13H17ClN2O4. The Hall–Kier alpha value is -1.79. The summed E-state index contributed by atoms with van der Waals surface area (Å²) in [4.78, 5) is 22.0. The lowest BCUT2D eigenvalue weighted by atomic mass is 10.1. The lowest BCUT2D eigenvalue weighted by Gasteiger charge is -2.18. The molecule has 0 aliphatic carbocycles. The number of carbonyl (C=O) groups excluding carboxylic acids is 1. The van der Waals surface area contributed by atoms with Gasteiger partial charge in [-0.05, 0) is 31.0 Å². The van der Waals surface area contributed by atoms with E-state index in [1.807, 2.05) is 12.1 Å². The highest BCUT2D eigenvalue weighted by Crippen LogP contribution is 2.09. The van der Waals surface area contributed by atoms with Crippen LogP contribution in [0.15, 0.2) is 24.3 Å². The molecule has 1 rings (SSSR count). The fourth-order valence-corrected chi connectivity index (χ4v) is 1.49. The Labute approximate surface area is 121 Å². The number of aliphatic carboxylic acids is 1. The van der Waals surface area contributed by atoms with E-state index in [-0.39, 0.29) is 6.54 Å². The zero-order chi connectivity index (χ0) is 15.2. The van der Waals surface area contributed by atoms with E-state index in [0.717, 1.165) is 12.5 Å². The monoisotopic (exact) mass is 300 g/mol. The van der Waals surface area contributed by atoms with Crippen LogP contribution < -0.4 is 10.6 Å². The van der Waals surface area contributed by atoms with Gasteiger partial charge in [-0.25, -0.2) is 9.59 Å². The van der Waals surface area contributed by atoms with E-state index in [2.05, 4.69) is 10.6 Å². The van der Waals surface area contributed by atoms with Crippen LogP contribution in [0.5, 0.6) is 0 Å². The number of nitrogens with one attached hydrogen (secondary N) is 2. The van der Waals surface area contributed by atoms with Crippen molar-refractivity contribution in [2.45, 2.75) is 18.9 Å². The van der Waals surface area contributed by atoms with E-state index < -0.39 is 17.6 Å². The predicted molar refractivity (Wildman–Crippen MR) is 74.8 cm³/mol. The Morgan fingerprint density at radius 1 is 1.25 bits per heavy atom. The SMILES string of the molecule is CC(O)(CNC(=O)NCCc1ccc(Cl)cc1)C(=O)O. The quantitative estimate of drug-likeness (QED) is 0.630. The fourth-order valence-electron chi connectivity index (χ4n) is 1.36. The van der Waals surface area contributed by atoms with Crippen LogP contribution in [0.3, 0.4) is 0 Å². The second-order valence-corrected chi connectivity index (χ2v) is 5.00. The number of carboxylic acid groups (broad SMARTS) is 1. The molecule has 0 radical (unpaired) electrons. The first-order valence-electron chi connectivity index (χ1n) is 6.03. The largest absolute Gasteiger partial charge is 0.479 e. The van der Waals surface area contributed by atoms with Gasteiger partial charge < -0.3 is 20.8 Å². The molecule has 1 aromatic carbocycles. The van der Waals surface area contributed by atoms with Crippen molar-refractivity contribution in [2.75, 3.05) is 13.1 Å². The molecule has 0 fully saturated rings. The Morgan fingerprint density at radius 3 is 2.40 bits per heavy atom. The van der Waals surface area contributed by atoms with Gasteiger partial charge in [0.05, 0.1) is 6.54 Å². The molecule has 1 unspecified atom stereocenters. The van der Waals surface area contributed by atoms with Crippen LogP contribution in [-0.2, 0) is 11.2 Å². The van der Waals surface area contributed by atoms with Crippen LogP contribution in [0.1, 0.15) is 12.5 Å². The molecule has 0 heterocycles. The topological polar surface area (TPSA) is 98.7 Å². The normalized spacial score (nSPS) is 13.3. The van der Waals surface area contributed by atoms with Gasteiger partial charge in [0, 0.05) is 11.6 Å². The molecular weight excluding hydrogens is 284 g/mol. The van der Waals surface area contributed by atoms with Gasteiger partial charge in [0.25, 0.3) is 0 Å². The van der Waals surface area contributed by atoms with Crippen molar-refractivity contribution in [3.05, 3.63) is 34.9 Å². The van der Waals surface area contributed by atoms with Crippen molar-refractivity contribution in [3.63, 3.8) is 0 Å². The Kier molecular flexibility index (Phi) is 5.79. The highest BCUT2D eigenvalue weighted by atomic mass is 35.5. The molecule has 0 aliphatic heterocycles. The summed E-state index contributed by atoms with van der Waals surface area (Å²) in [6, 6.07) is 6.72. The molecule has 0 aromatic heterocycles. The molecule has 1 atom stereocenters. The number of hydrogen-bond acceptors (Lipinski definition) is 3. The van der Waals surface area contributed by atoms with E-state index in [4.69, 9.17) is 16.7 Å². The fraction of sp³-hybridized carbons (Fsp3) is 0.385. The summed E-state index contributed by atoms with van der Waals surface area (Å²) in [7, 11) is 0. The first-order chi connectivity index (χ1) is 9.31. The summed E-state index contributed by atoms with van der Waals surface area (Å²) in [5.74, 6) is -1.39. The van der Waals surface area contributed by atoms with E-state index in [1.54, 1.807) is 12.1 Å². The summed E-state index contributed by atoms with van der Waals surface area (Å²) in [6.07, 6.45) is 0.625. The molecule has 110 valence electrons. The summed E-state index contributed by atoms with van der Waals surface area (Å²) in [5, 5.41) is 23.6. The highest BCUT2D eigenvalue weighted by molar-refractivity contribution is 6.30. The van der Waals surface area contributed by atoms with Gasteiger partial charge in [0.2, 0.25) is 0 Å². The highest BCUT2D eigenvalue weighted by Gasteiger charge is 2.30. The smallest absolute Gasteiger partial charge is 0.337 e. The summed E-state index contributed by atoms with van der Waals surface area (Å²) >= 11 is 5.75. The summed E-state index contributed by atoms with van der Waals surface area (Å²) < 4.78 is 0. The first-order valence-corrected chi connectivity index (χ1v) is 6.41. The molecule has 4 N–H and O–H groups in total. The third-order valence-electron chi connectivity index (χ3n) is 2.67. The Balaban J connectivity index is 2.27. The van der Waals surface area contributed by atoms with Crippen LogP contribution in [0.25, 0.3) is 0 Å². The minimum Gasteiger partial charge on any atom is -0.479 e. The van der Waals surface area contributed by atoms with Gasteiger partial charge in [-0.15, -0.1) is 0 Å². The van der Waals surface area contributed by atoms with E-state index in [9.17, 15) is 14.7 Å². The second kappa shape index (κ2) is 7.12. The summed E-state index contributed by atoms with van der Waals surface area (Å²) in [5.41, 5.74) is -0.958. The van der Waals surface area contributed by atoms with Gasteiger partial charge in [0.15, 0.2) is 5.60 Å². The first kappa shape index (κ1) is 16.3. The average Bonchev–Trinajstić information content (AvgIpc) is 2.39. The second-order valence-electron chi connectivity index (χ2n) is 4.56. The van der Waals surface area contributed by atoms with Gasteiger partial charge >= 0.3 is 12.0 Å². The molecule has 0 saturated carbocycles. The van der Waals surface area contributed by atoms with Crippen molar-refractivity contribution in [1.29, 1.82) is 0 Å². The minimum atomic E-state index is -1.98. The van der Waals surface area contributed by atoms with E-state index in [0.29, 0.717) is 18.0 Å². The average molecular weight is 301 g/mol. The van der Waals surface area contributed by atoms with Gasteiger partial charge in [-0.2, -0.15) is 0 Å². The minimum absolute atomic E-state index is 0.366. The maximum absolute atomic E-state index is 11.4. The van der Waals surface area contributed by atoms with Gasteiger partial charge in [-0.1, -0.05) is 23.7 Å². The Morgan fingerprint density at radius 2 is 1.85 bits per heavy atom. The van der Waals surface area contributed by atoms with Gasteiger partial charge in [-0.3, -0.25) is 0 Å². The van der Waals surface area contributed by atoms with Crippen molar-refractivity contribution in [1.82, 2.24) is 10.6 Å². The number of amides is 2. The number of benzene rings is 1. The molecule has 7 heteroatoms. The molecule has 0 aliphatic rings. The van der Waals surface area contributed by atoms with E-state index in [1.165, 1.54) is 0 Å². The number of carboxylic acids is 1. The van der Waals surface area contributed by atoms with Crippen LogP contribution in [0.2, 0.25) is 5.02 Å². The molecule has 2 amide bonds. The van der Waals surface area contributed by atoms with Crippen molar-refractivity contribution < 1.29 is 19.8 Å². The molecule has 0 saturated heterocycles. The molecule has 20 heavy (non-hydrogen) atoms. The number of aliphatic hydroxyl groups is 1. The number of hydrogen-bond donors (Lipinski definition) is 4. The third-order valence-corrected chi connectivity index (χ3v) is 2.92. The van der Waals surface area contributed by atoms with Crippen LogP contribution in [0.4, 0.5) is 4.79 Å². The lowest BCUT2D eigenvalue weighted by molar-refractivity contribution is -0.155. The number of carbonyl (C=O) groups is 2. The van der Waals surface area contributed by atoms with Crippen molar-refractivity contribution in [3.8, 4) is 0 Å². The predicted octanol–water partition coefficient (Wildman–Crippen LogP) is 1.02. The third kappa shape index (κ3) is 5.46. The van der Waals surface area contributed by atoms with Crippen molar-refractivity contribution in [2.24, 2.45) is 0 Å². The van der Waals surface area contributed by atoms with Crippen LogP contribution in [0, 0.1) is 0 Å². The maximum atomic E-state index is 11.4. The molecule has 0 bridgehead atoms. The number of rotatable bonds is 6. The molecule has 0 spiro atoms. The van der Waals surface area contributed by atoms with Crippen LogP contribution in [-0.4, -0.2) is 40.9 Å². The zero-order valence-electron chi connectivity index (χ0n) is 11.0.